The van der Waals surface area contributed by atoms with Gasteiger partial charge in [-0.3, -0.25) is 4.79 Å². The van der Waals surface area contributed by atoms with Gasteiger partial charge in [0, 0.05) is 18.5 Å². The number of carbonyl (C=O) groups excluding carboxylic acids is 1. The molecule has 0 bridgehead atoms. The highest BCUT2D eigenvalue weighted by atomic mass is 32.2. The SMILES string of the molecule is CCC(C)(C)C(=O)NCCNS(C)(=O)=O. The first-order valence-electron chi connectivity index (χ1n) is 4.92. The number of hydrogen-bond donors (Lipinski definition) is 2. The first-order valence-corrected chi connectivity index (χ1v) is 6.81. The van der Waals surface area contributed by atoms with E-state index in [1.54, 1.807) is 0 Å². The Balaban J connectivity index is 3.84. The van der Waals surface area contributed by atoms with Crippen molar-refractivity contribution >= 4 is 15.9 Å². The fourth-order valence-corrected chi connectivity index (χ4v) is 1.29. The maximum Gasteiger partial charge on any atom is 0.225 e. The van der Waals surface area contributed by atoms with Gasteiger partial charge in [0.15, 0.2) is 0 Å². The van der Waals surface area contributed by atoms with Crippen LogP contribution < -0.4 is 10.0 Å². The van der Waals surface area contributed by atoms with Gasteiger partial charge in [-0.2, -0.15) is 0 Å². The zero-order chi connectivity index (χ0) is 12.1. The molecule has 0 radical (unpaired) electrons. The second kappa shape index (κ2) is 5.46. The first-order chi connectivity index (χ1) is 6.69. The Labute approximate surface area is 91.7 Å². The third-order valence-corrected chi connectivity index (χ3v) is 3.00. The van der Waals surface area contributed by atoms with Gasteiger partial charge in [0.25, 0.3) is 0 Å². The maximum absolute atomic E-state index is 11.5. The van der Waals surface area contributed by atoms with Gasteiger partial charge in [0.2, 0.25) is 15.9 Å². The highest BCUT2D eigenvalue weighted by molar-refractivity contribution is 7.88. The van der Waals surface area contributed by atoms with Crippen molar-refractivity contribution in [1.29, 1.82) is 0 Å². The summed E-state index contributed by atoms with van der Waals surface area (Å²) in [4.78, 5) is 11.5. The van der Waals surface area contributed by atoms with Crippen LogP contribution >= 0.6 is 0 Å². The van der Waals surface area contributed by atoms with Gasteiger partial charge in [0.1, 0.15) is 0 Å². The van der Waals surface area contributed by atoms with E-state index in [1.165, 1.54) is 0 Å². The number of rotatable bonds is 6. The zero-order valence-electron chi connectivity index (χ0n) is 9.75. The van der Waals surface area contributed by atoms with E-state index in [9.17, 15) is 13.2 Å². The van der Waals surface area contributed by atoms with E-state index in [0.717, 1.165) is 12.7 Å². The molecule has 15 heavy (non-hydrogen) atoms. The average molecular weight is 236 g/mol. The standard InChI is InChI=1S/C9H20N2O3S/c1-5-9(2,3)8(12)10-6-7-11-15(4,13)14/h11H,5-7H2,1-4H3,(H,10,12). The Bertz CT molecular complexity index is 309. The van der Waals surface area contributed by atoms with Crippen molar-refractivity contribution in [1.82, 2.24) is 10.0 Å². The molecule has 0 fully saturated rings. The third kappa shape index (κ3) is 6.46. The van der Waals surface area contributed by atoms with Crippen LogP contribution in [0.25, 0.3) is 0 Å². The van der Waals surface area contributed by atoms with Crippen molar-refractivity contribution < 1.29 is 13.2 Å². The molecule has 0 aromatic heterocycles. The molecule has 0 aliphatic carbocycles. The van der Waals surface area contributed by atoms with E-state index in [0.29, 0.717) is 6.54 Å². The summed E-state index contributed by atoms with van der Waals surface area (Å²) in [6.07, 6.45) is 1.84. The minimum Gasteiger partial charge on any atom is -0.354 e. The van der Waals surface area contributed by atoms with Crippen LogP contribution in [-0.4, -0.2) is 33.7 Å². The number of hydrogen-bond acceptors (Lipinski definition) is 3. The van der Waals surface area contributed by atoms with E-state index in [4.69, 9.17) is 0 Å². The van der Waals surface area contributed by atoms with Crippen molar-refractivity contribution in [3.05, 3.63) is 0 Å². The minimum atomic E-state index is -3.16. The number of amides is 1. The van der Waals surface area contributed by atoms with Gasteiger partial charge in [0.05, 0.1) is 6.26 Å². The Morgan fingerprint density at radius 3 is 2.20 bits per heavy atom. The largest absolute Gasteiger partial charge is 0.354 e. The molecule has 0 aliphatic heterocycles. The third-order valence-electron chi connectivity index (χ3n) is 2.27. The molecule has 5 nitrogen and oxygen atoms in total. The van der Waals surface area contributed by atoms with Gasteiger partial charge in [-0.25, -0.2) is 13.1 Å². The molecule has 0 saturated carbocycles. The molecule has 90 valence electrons. The average Bonchev–Trinajstić information content (AvgIpc) is 2.10. The molecule has 6 heteroatoms. The normalized spacial score (nSPS) is 12.5. The Kier molecular flexibility index (Phi) is 5.23. The molecule has 1 amide bonds. The lowest BCUT2D eigenvalue weighted by molar-refractivity contribution is -0.129. The fourth-order valence-electron chi connectivity index (χ4n) is 0.812. The molecule has 0 unspecified atom stereocenters. The van der Waals surface area contributed by atoms with Crippen molar-refractivity contribution in [3.8, 4) is 0 Å². The van der Waals surface area contributed by atoms with E-state index in [2.05, 4.69) is 10.0 Å². The first kappa shape index (κ1) is 14.4. The summed E-state index contributed by atoms with van der Waals surface area (Å²) in [5, 5.41) is 2.68. The van der Waals surface area contributed by atoms with Gasteiger partial charge < -0.3 is 5.32 Å². The number of sulfonamides is 1. The summed E-state index contributed by atoms with van der Waals surface area (Å²) in [5.41, 5.74) is -0.398. The predicted molar refractivity (Wildman–Crippen MR) is 59.9 cm³/mol. The van der Waals surface area contributed by atoms with E-state index < -0.39 is 15.4 Å². The van der Waals surface area contributed by atoms with E-state index in [-0.39, 0.29) is 12.5 Å². The topological polar surface area (TPSA) is 75.3 Å². The van der Waals surface area contributed by atoms with Crippen LogP contribution in [0.15, 0.2) is 0 Å². The summed E-state index contributed by atoms with van der Waals surface area (Å²) in [5.74, 6) is -0.0553. The zero-order valence-corrected chi connectivity index (χ0v) is 10.6. The highest BCUT2D eigenvalue weighted by Crippen LogP contribution is 2.18. The Morgan fingerprint density at radius 1 is 1.27 bits per heavy atom. The van der Waals surface area contributed by atoms with Crippen LogP contribution in [0.5, 0.6) is 0 Å². The Hall–Kier alpha value is -0.620. The van der Waals surface area contributed by atoms with Crippen LogP contribution in [0, 0.1) is 5.41 Å². The lowest BCUT2D eigenvalue weighted by Crippen LogP contribution is -2.40. The second-order valence-electron chi connectivity index (χ2n) is 4.16. The summed E-state index contributed by atoms with van der Waals surface area (Å²) in [7, 11) is -3.16. The molecule has 0 atom stereocenters. The molecule has 2 N–H and O–H groups in total. The highest BCUT2D eigenvalue weighted by Gasteiger charge is 2.24. The summed E-state index contributed by atoms with van der Waals surface area (Å²) >= 11 is 0. The molecule has 0 aliphatic rings. The molecule has 0 aromatic rings. The van der Waals surface area contributed by atoms with Crippen molar-refractivity contribution in [3.63, 3.8) is 0 Å². The van der Waals surface area contributed by atoms with E-state index >= 15 is 0 Å². The van der Waals surface area contributed by atoms with Crippen molar-refractivity contribution in [2.45, 2.75) is 27.2 Å². The number of carbonyl (C=O) groups is 1. The monoisotopic (exact) mass is 236 g/mol. The van der Waals surface area contributed by atoms with Crippen LogP contribution in [0.1, 0.15) is 27.2 Å². The van der Waals surface area contributed by atoms with Crippen molar-refractivity contribution in [2.24, 2.45) is 5.41 Å². The van der Waals surface area contributed by atoms with Gasteiger partial charge >= 0.3 is 0 Å². The Morgan fingerprint density at radius 2 is 1.80 bits per heavy atom. The fraction of sp³-hybridized carbons (Fsp3) is 0.889. The molecular formula is C9H20N2O3S. The van der Waals surface area contributed by atoms with Gasteiger partial charge in [-0.05, 0) is 6.42 Å². The molecule has 0 saturated heterocycles. The van der Waals surface area contributed by atoms with Crippen molar-refractivity contribution in [2.75, 3.05) is 19.3 Å². The lowest BCUT2D eigenvalue weighted by Gasteiger charge is -2.21. The van der Waals surface area contributed by atoms with Crippen LogP contribution in [0.4, 0.5) is 0 Å². The smallest absolute Gasteiger partial charge is 0.225 e. The van der Waals surface area contributed by atoms with Crippen LogP contribution in [0.2, 0.25) is 0 Å². The van der Waals surface area contributed by atoms with E-state index in [1.807, 2.05) is 20.8 Å². The minimum absolute atomic E-state index is 0.0553. The van der Waals surface area contributed by atoms with Crippen LogP contribution in [-0.2, 0) is 14.8 Å². The maximum atomic E-state index is 11.5. The molecule has 0 heterocycles. The lowest BCUT2D eigenvalue weighted by atomic mass is 9.89. The molecule has 0 spiro atoms. The van der Waals surface area contributed by atoms with Crippen LogP contribution in [0.3, 0.4) is 0 Å². The second-order valence-corrected chi connectivity index (χ2v) is 5.99. The number of nitrogens with one attached hydrogen (secondary N) is 2. The molecule has 0 rings (SSSR count). The van der Waals surface area contributed by atoms with Gasteiger partial charge in [-0.1, -0.05) is 20.8 Å². The summed E-state index contributed by atoms with van der Waals surface area (Å²) in [6, 6.07) is 0. The summed E-state index contributed by atoms with van der Waals surface area (Å²) in [6.45, 7) is 6.19. The summed E-state index contributed by atoms with van der Waals surface area (Å²) < 4.78 is 23.7. The molecule has 0 aromatic carbocycles. The predicted octanol–water partition coefficient (Wildman–Crippen LogP) is 0.0880. The molecular weight excluding hydrogens is 216 g/mol. The van der Waals surface area contributed by atoms with Gasteiger partial charge in [-0.15, -0.1) is 0 Å². The quantitative estimate of drug-likeness (QED) is 0.642.